The SMILES string of the molecule is CCCN(CCC)C(=O)CCCCC(=O)N(C)CCc1ccc(OC)c(OC)c1. The number of rotatable bonds is 14. The van der Waals surface area contributed by atoms with Gasteiger partial charge < -0.3 is 19.3 Å². The van der Waals surface area contributed by atoms with Gasteiger partial charge in [-0.05, 0) is 49.8 Å². The highest BCUT2D eigenvalue weighted by molar-refractivity contribution is 5.77. The maximum atomic E-state index is 12.4. The number of methoxy groups -OCH3 is 2. The molecule has 0 saturated carbocycles. The molecule has 6 heteroatoms. The number of unbranched alkanes of at least 4 members (excludes halogenated alkanes) is 1. The van der Waals surface area contributed by atoms with Gasteiger partial charge in [-0.15, -0.1) is 0 Å². The number of amides is 2. The smallest absolute Gasteiger partial charge is 0.222 e. The van der Waals surface area contributed by atoms with Crippen LogP contribution in [0.3, 0.4) is 0 Å². The summed E-state index contributed by atoms with van der Waals surface area (Å²) in [5, 5.41) is 0. The Labute approximate surface area is 176 Å². The Morgan fingerprint density at radius 3 is 2.00 bits per heavy atom. The minimum atomic E-state index is 0.122. The Morgan fingerprint density at radius 1 is 0.862 bits per heavy atom. The summed E-state index contributed by atoms with van der Waals surface area (Å²) >= 11 is 0. The number of carbonyl (C=O) groups is 2. The Kier molecular flexibility index (Phi) is 11.8. The fourth-order valence-corrected chi connectivity index (χ4v) is 3.26. The first-order valence-corrected chi connectivity index (χ1v) is 10.7. The van der Waals surface area contributed by atoms with Crippen molar-refractivity contribution in [2.45, 2.75) is 58.8 Å². The fourth-order valence-electron chi connectivity index (χ4n) is 3.26. The minimum Gasteiger partial charge on any atom is -0.493 e. The molecule has 164 valence electrons. The van der Waals surface area contributed by atoms with Crippen LogP contribution in [0.4, 0.5) is 0 Å². The van der Waals surface area contributed by atoms with E-state index in [1.165, 1.54) is 0 Å². The van der Waals surface area contributed by atoms with Crippen molar-refractivity contribution in [3.05, 3.63) is 23.8 Å². The molecular formula is C23H38N2O4. The normalized spacial score (nSPS) is 10.5. The Balaban J connectivity index is 2.35. The summed E-state index contributed by atoms with van der Waals surface area (Å²) in [6.07, 6.45) is 5.24. The number of likely N-dealkylation sites (N-methyl/N-ethyl adjacent to an activating group) is 1. The maximum Gasteiger partial charge on any atom is 0.222 e. The largest absolute Gasteiger partial charge is 0.493 e. The van der Waals surface area contributed by atoms with Crippen LogP contribution < -0.4 is 9.47 Å². The van der Waals surface area contributed by atoms with Gasteiger partial charge in [0.25, 0.3) is 0 Å². The van der Waals surface area contributed by atoms with Crippen LogP contribution in [0.1, 0.15) is 57.9 Å². The van der Waals surface area contributed by atoms with Gasteiger partial charge in [0, 0.05) is 39.5 Å². The third-order valence-corrected chi connectivity index (χ3v) is 4.98. The van der Waals surface area contributed by atoms with E-state index in [1.807, 2.05) is 30.1 Å². The summed E-state index contributed by atoms with van der Waals surface area (Å²) < 4.78 is 10.6. The second-order valence-corrected chi connectivity index (χ2v) is 7.34. The topological polar surface area (TPSA) is 59.1 Å². The van der Waals surface area contributed by atoms with Gasteiger partial charge in [-0.25, -0.2) is 0 Å². The molecule has 0 heterocycles. The lowest BCUT2D eigenvalue weighted by molar-refractivity contribution is -0.132. The molecule has 1 aromatic rings. The number of ether oxygens (including phenoxy) is 2. The summed E-state index contributed by atoms with van der Waals surface area (Å²) in [6.45, 7) is 6.47. The average Bonchev–Trinajstić information content (AvgIpc) is 2.74. The Bertz CT molecular complexity index is 627. The highest BCUT2D eigenvalue weighted by Gasteiger charge is 2.13. The van der Waals surface area contributed by atoms with E-state index in [1.54, 1.807) is 19.1 Å². The van der Waals surface area contributed by atoms with E-state index < -0.39 is 0 Å². The van der Waals surface area contributed by atoms with Crippen molar-refractivity contribution in [2.24, 2.45) is 0 Å². The van der Waals surface area contributed by atoms with Crippen LogP contribution in [0.5, 0.6) is 11.5 Å². The molecule has 0 bridgehead atoms. The van der Waals surface area contributed by atoms with Gasteiger partial charge in [-0.1, -0.05) is 19.9 Å². The molecular weight excluding hydrogens is 368 g/mol. The van der Waals surface area contributed by atoms with E-state index in [9.17, 15) is 9.59 Å². The maximum absolute atomic E-state index is 12.4. The van der Waals surface area contributed by atoms with Gasteiger partial charge in [-0.3, -0.25) is 9.59 Å². The van der Waals surface area contributed by atoms with Crippen molar-refractivity contribution in [3.8, 4) is 11.5 Å². The van der Waals surface area contributed by atoms with E-state index >= 15 is 0 Å². The third-order valence-electron chi connectivity index (χ3n) is 4.98. The van der Waals surface area contributed by atoms with E-state index in [-0.39, 0.29) is 11.8 Å². The predicted molar refractivity (Wildman–Crippen MR) is 117 cm³/mol. The minimum absolute atomic E-state index is 0.122. The molecule has 29 heavy (non-hydrogen) atoms. The molecule has 0 aliphatic carbocycles. The molecule has 0 atom stereocenters. The van der Waals surface area contributed by atoms with Crippen molar-refractivity contribution >= 4 is 11.8 Å². The molecule has 0 aromatic heterocycles. The van der Waals surface area contributed by atoms with Crippen LogP contribution >= 0.6 is 0 Å². The van der Waals surface area contributed by atoms with Crippen LogP contribution in [-0.4, -0.2) is 62.5 Å². The van der Waals surface area contributed by atoms with E-state index in [4.69, 9.17) is 9.47 Å². The zero-order chi connectivity index (χ0) is 21.6. The average molecular weight is 407 g/mol. The zero-order valence-corrected chi connectivity index (χ0v) is 18.8. The third kappa shape index (κ3) is 8.75. The van der Waals surface area contributed by atoms with Gasteiger partial charge in [0.05, 0.1) is 14.2 Å². The highest BCUT2D eigenvalue weighted by Crippen LogP contribution is 2.27. The van der Waals surface area contributed by atoms with Crippen molar-refractivity contribution in [1.29, 1.82) is 0 Å². The predicted octanol–water partition coefficient (Wildman–Crippen LogP) is 3.91. The van der Waals surface area contributed by atoms with Gasteiger partial charge >= 0.3 is 0 Å². The first-order chi connectivity index (χ1) is 14.0. The van der Waals surface area contributed by atoms with Gasteiger partial charge in [0.2, 0.25) is 11.8 Å². The van der Waals surface area contributed by atoms with Crippen LogP contribution in [0.15, 0.2) is 18.2 Å². The number of hydrogen-bond donors (Lipinski definition) is 0. The Morgan fingerprint density at radius 2 is 1.45 bits per heavy atom. The highest BCUT2D eigenvalue weighted by atomic mass is 16.5. The van der Waals surface area contributed by atoms with Gasteiger partial charge in [-0.2, -0.15) is 0 Å². The molecule has 0 saturated heterocycles. The number of hydrogen-bond acceptors (Lipinski definition) is 4. The standard InChI is InChI=1S/C23H38N2O4/c1-6-15-25(16-7-2)23(27)11-9-8-10-22(26)24(3)17-14-19-12-13-20(28-4)21(18-19)29-5/h12-13,18H,6-11,14-17H2,1-5H3. The zero-order valence-electron chi connectivity index (χ0n) is 18.8. The second-order valence-electron chi connectivity index (χ2n) is 7.34. The summed E-state index contributed by atoms with van der Waals surface area (Å²) in [5.74, 6) is 1.73. The van der Waals surface area contributed by atoms with E-state index in [2.05, 4.69) is 13.8 Å². The van der Waals surface area contributed by atoms with Crippen molar-refractivity contribution < 1.29 is 19.1 Å². The van der Waals surface area contributed by atoms with Crippen LogP contribution in [0, 0.1) is 0 Å². The lowest BCUT2D eigenvalue weighted by Gasteiger charge is -2.21. The molecule has 1 aromatic carbocycles. The summed E-state index contributed by atoms with van der Waals surface area (Å²) in [7, 11) is 5.06. The van der Waals surface area contributed by atoms with Gasteiger partial charge in [0.1, 0.15) is 0 Å². The first kappa shape index (κ1) is 24.8. The Hall–Kier alpha value is -2.24. The van der Waals surface area contributed by atoms with Crippen LogP contribution in [-0.2, 0) is 16.0 Å². The van der Waals surface area contributed by atoms with Crippen molar-refractivity contribution in [2.75, 3.05) is 40.9 Å². The summed E-state index contributed by atoms with van der Waals surface area (Å²) in [4.78, 5) is 28.3. The molecule has 0 radical (unpaired) electrons. The molecule has 0 aliphatic rings. The second kappa shape index (κ2) is 13.9. The molecule has 0 fully saturated rings. The van der Waals surface area contributed by atoms with Crippen LogP contribution in [0.25, 0.3) is 0 Å². The molecule has 0 aliphatic heterocycles. The first-order valence-electron chi connectivity index (χ1n) is 10.7. The monoisotopic (exact) mass is 406 g/mol. The summed E-state index contributed by atoms with van der Waals surface area (Å²) in [6, 6.07) is 5.82. The van der Waals surface area contributed by atoms with Gasteiger partial charge in [0.15, 0.2) is 11.5 Å². The quantitative estimate of drug-likeness (QED) is 0.440. The van der Waals surface area contributed by atoms with E-state index in [0.29, 0.717) is 30.9 Å². The van der Waals surface area contributed by atoms with Crippen LogP contribution in [0.2, 0.25) is 0 Å². The molecule has 0 unspecified atom stereocenters. The fraction of sp³-hybridized carbons (Fsp3) is 0.652. The number of carbonyl (C=O) groups excluding carboxylic acids is 2. The lowest BCUT2D eigenvalue weighted by atomic mass is 10.1. The van der Waals surface area contributed by atoms with E-state index in [0.717, 1.165) is 50.8 Å². The van der Waals surface area contributed by atoms with Crippen molar-refractivity contribution in [1.82, 2.24) is 9.80 Å². The molecule has 0 N–H and O–H groups in total. The molecule has 0 spiro atoms. The number of benzene rings is 1. The molecule has 1 rings (SSSR count). The summed E-state index contributed by atoms with van der Waals surface area (Å²) in [5.41, 5.74) is 1.10. The molecule has 6 nitrogen and oxygen atoms in total. The lowest BCUT2D eigenvalue weighted by Crippen LogP contribution is -2.32. The number of nitrogens with zero attached hydrogens (tertiary/aromatic N) is 2. The molecule has 2 amide bonds. The van der Waals surface area contributed by atoms with Crippen molar-refractivity contribution in [3.63, 3.8) is 0 Å².